The normalized spacial score (nSPS) is 10.4. The van der Waals surface area contributed by atoms with Gasteiger partial charge in [0.1, 0.15) is 0 Å². The third-order valence-corrected chi connectivity index (χ3v) is 6.22. The third-order valence-electron chi connectivity index (χ3n) is 3.59. The quantitative estimate of drug-likeness (QED) is 0.305. The zero-order valence-electron chi connectivity index (χ0n) is 14.0. The molecule has 0 saturated heterocycles. The van der Waals surface area contributed by atoms with E-state index in [9.17, 15) is 10.1 Å². The zero-order chi connectivity index (χ0) is 17.4. The van der Waals surface area contributed by atoms with Crippen LogP contribution in [0.5, 0.6) is 5.75 Å². The number of unbranched alkanes of at least 4 members (excludes halogenated alkanes) is 1. The minimum absolute atomic E-state index is 0.122. The van der Waals surface area contributed by atoms with Gasteiger partial charge in [-0.3, -0.25) is 0 Å². The fourth-order valence-corrected chi connectivity index (χ4v) is 4.87. The van der Waals surface area contributed by atoms with E-state index in [2.05, 4.69) is 12.2 Å². The van der Waals surface area contributed by atoms with Crippen LogP contribution in [0.25, 0.3) is 0 Å². The van der Waals surface area contributed by atoms with Crippen LogP contribution in [-0.2, 0) is 6.54 Å². The molecule has 128 valence electrons. The van der Waals surface area contributed by atoms with Gasteiger partial charge in [0.15, 0.2) is 0 Å². The van der Waals surface area contributed by atoms with E-state index >= 15 is 0 Å². The molecule has 0 bridgehead atoms. The van der Waals surface area contributed by atoms with E-state index < -0.39 is 0 Å². The first-order valence-corrected chi connectivity index (χ1v) is 9.99. The Kier molecular flexibility index (Phi) is 7.09. The number of nitro benzene ring substituents is 1. The van der Waals surface area contributed by atoms with E-state index in [0.29, 0.717) is 6.54 Å². The van der Waals surface area contributed by atoms with E-state index in [-0.39, 0.29) is 25.6 Å². The molecular weight excluding hydrogens is 371 g/mol. The van der Waals surface area contributed by atoms with Crippen LogP contribution in [0.2, 0.25) is 5.32 Å². The molecule has 2 aromatic rings. The van der Waals surface area contributed by atoms with Gasteiger partial charge in [0.25, 0.3) is 0 Å². The van der Waals surface area contributed by atoms with Crippen molar-refractivity contribution in [2.24, 2.45) is 0 Å². The van der Waals surface area contributed by atoms with Gasteiger partial charge in [0.2, 0.25) is 0 Å². The summed E-state index contributed by atoms with van der Waals surface area (Å²) in [5.74, 6) is 0.805. The third kappa shape index (κ3) is 4.98. The van der Waals surface area contributed by atoms with Gasteiger partial charge in [-0.15, -0.1) is 0 Å². The topological polar surface area (TPSA) is 64.4 Å². The van der Waals surface area contributed by atoms with Gasteiger partial charge in [0, 0.05) is 0 Å². The first kappa shape index (κ1) is 18.3. The first-order valence-electron chi connectivity index (χ1n) is 7.92. The number of hydrogen-bond donors (Lipinski definition) is 1. The summed E-state index contributed by atoms with van der Waals surface area (Å²) in [4.78, 5) is 11.1. The molecule has 2 rings (SSSR count). The number of rotatable bonds is 9. The second-order valence-corrected chi connectivity index (χ2v) is 7.63. The molecule has 1 N–H and O–H groups in total. The van der Waals surface area contributed by atoms with Crippen LogP contribution < -0.4 is 14.5 Å². The first-order chi connectivity index (χ1) is 11.7. The second kappa shape index (κ2) is 9.30. The fourth-order valence-electron chi connectivity index (χ4n) is 2.25. The van der Waals surface area contributed by atoms with Crippen LogP contribution in [0.15, 0.2) is 42.5 Å². The maximum absolute atomic E-state index is 11.3. The van der Waals surface area contributed by atoms with E-state index in [1.807, 2.05) is 30.3 Å². The maximum atomic E-state index is 11.3. The number of benzene rings is 2. The van der Waals surface area contributed by atoms with Crippen molar-refractivity contribution < 1.29 is 9.66 Å². The Balaban J connectivity index is 2.14. The van der Waals surface area contributed by atoms with Crippen LogP contribution in [-0.4, -0.2) is 27.0 Å². The van der Waals surface area contributed by atoms with E-state index in [4.69, 9.17) is 4.74 Å². The van der Waals surface area contributed by atoms with Gasteiger partial charge >= 0.3 is 148 Å². The Morgan fingerprint density at radius 1 is 1.21 bits per heavy atom. The van der Waals surface area contributed by atoms with Crippen molar-refractivity contribution in [3.05, 3.63) is 58.1 Å². The number of methoxy groups -OCH3 is 1. The van der Waals surface area contributed by atoms with E-state index in [1.54, 1.807) is 19.2 Å². The summed E-state index contributed by atoms with van der Waals surface area (Å²) in [6.45, 7) is 2.72. The Bertz CT molecular complexity index is 674. The molecule has 6 heteroatoms. The Hall–Kier alpha value is -2.04. The van der Waals surface area contributed by atoms with Crippen molar-refractivity contribution in [3.8, 4) is 5.75 Å². The Morgan fingerprint density at radius 2 is 1.96 bits per heavy atom. The van der Waals surface area contributed by atoms with E-state index in [0.717, 1.165) is 39.6 Å². The van der Waals surface area contributed by atoms with Gasteiger partial charge < -0.3 is 0 Å². The van der Waals surface area contributed by atoms with Crippen molar-refractivity contribution in [2.45, 2.75) is 31.6 Å². The molecule has 24 heavy (non-hydrogen) atoms. The minimum atomic E-state index is -0.264. The molecule has 0 fully saturated rings. The predicted octanol–water partition coefficient (Wildman–Crippen LogP) is 3.76. The second-order valence-electron chi connectivity index (χ2n) is 5.31. The number of ether oxygens (including phenoxy) is 1. The van der Waals surface area contributed by atoms with Crippen LogP contribution in [0.3, 0.4) is 0 Å². The SMILES string of the molecule is CCCC[Se]c1c(CNc2ccc(OC)cc2)cccc1[N+](=O)[O-]. The molecule has 0 saturated carbocycles. The van der Waals surface area contributed by atoms with Gasteiger partial charge in [0.05, 0.1) is 0 Å². The summed E-state index contributed by atoms with van der Waals surface area (Å²) >= 11 is 0.122. The number of nitrogens with zero attached hydrogens (tertiary/aromatic N) is 1. The molecule has 0 heterocycles. The van der Waals surface area contributed by atoms with Gasteiger partial charge in [-0.25, -0.2) is 0 Å². The van der Waals surface area contributed by atoms with Gasteiger partial charge in [-0.05, 0) is 0 Å². The summed E-state index contributed by atoms with van der Waals surface area (Å²) < 4.78 is 6.05. The van der Waals surface area contributed by atoms with Crippen molar-refractivity contribution in [1.29, 1.82) is 0 Å². The predicted molar refractivity (Wildman–Crippen MR) is 98.5 cm³/mol. The van der Waals surface area contributed by atoms with Gasteiger partial charge in [-0.2, -0.15) is 0 Å². The van der Waals surface area contributed by atoms with Crippen LogP contribution in [0, 0.1) is 10.1 Å². The van der Waals surface area contributed by atoms with E-state index in [1.165, 1.54) is 0 Å². The Morgan fingerprint density at radius 3 is 2.58 bits per heavy atom. The van der Waals surface area contributed by atoms with Crippen molar-refractivity contribution in [3.63, 3.8) is 0 Å². The molecule has 0 aliphatic heterocycles. The molecule has 5 nitrogen and oxygen atoms in total. The molecule has 2 aromatic carbocycles. The monoisotopic (exact) mass is 394 g/mol. The van der Waals surface area contributed by atoms with Crippen molar-refractivity contribution >= 4 is 30.8 Å². The molecule has 0 aromatic heterocycles. The van der Waals surface area contributed by atoms with Crippen LogP contribution in [0.1, 0.15) is 25.3 Å². The van der Waals surface area contributed by atoms with Gasteiger partial charge in [-0.1, -0.05) is 0 Å². The number of hydrogen-bond acceptors (Lipinski definition) is 4. The molecular formula is C18H22N2O3Se. The molecule has 0 spiro atoms. The number of nitro groups is 1. The average Bonchev–Trinajstić information content (AvgIpc) is 2.61. The zero-order valence-corrected chi connectivity index (χ0v) is 15.7. The molecule has 0 aliphatic rings. The standard InChI is InChI=1S/C18H22N2O3Se/c1-3-4-12-24-18-14(6-5-7-17(18)20(21)22)13-19-15-8-10-16(23-2)11-9-15/h5-11,19H,3-4,12-13H2,1-2H3. The Labute approximate surface area is 148 Å². The summed E-state index contributed by atoms with van der Waals surface area (Å²) in [7, 11) is 1.64. The van der Waals surface area contributed by atoms with Crippen LogP contribution >= 0.6 is 0 Å². The van der Waals surface area contributed by atoms with Crippen molar-refractivity contribution in [2.75, 3.05) is 12.4 Å². The molecule has 0 radical (unpaired) electrons. The summed E-state index contributed by atoms with van der Waals surface area (Å²) in [6, 6.07) is 13.0. The fraction of sp³-hybridized carbons (Fsp3) is 0.333. The summed E-state index contributed by atoms with van der Waals surface area (Å²) in [5, 5.41) is 15.7. The van der Waals surface area contributed by atoms with Crippen molar-refractivity contribution in [1.82, 2.24) is 0 Å². The number of nitrogens with one attached hydrogen (secondary N) is 1. The van der Waals surface area contributed by atoms with Crippen LogP contribution in [0.4, 0.5) is 11.4 Å². The average molecular weight is 393 g/mol. The number of anilines is 1. The molecule has 0 amide bonds. The molecule has 0 atom stereocenters. The summed E-state index contributed by atoms with van der Waals surface area (Å²) in [5.41, 5.74) is 2.23. The summed E-state index contributed by atoms with van der Waals surface area (Å²) in [6.07, 6.45) is 2.22. The molecule has 0 unspecified atom stereocenters. The molecule has 0 aliphatic carbocycles.